The van der Waals surface area contributed by atoms with Crippen molar-refractivity contribution in [2.45, 2.75) is 39.7 Å². The van der Waals surface area contributed by atoms with Crippen LogP contribution in [0.3, 0.4) is 0 Å². The molecule has 1 N–H and O–H groups in total. The highest BCUT2D eigenvalue weighted by atomic mass is 16.3. The molecule has 1 heterocycles. The molecule has 0 bridgehead atoms. The molecule has 1 atom stereocenters. The van der Waals surface area contributed by atoms with Crippen LogP contribution < -0.4 is 0 Å². The summed E-state index contributed by atoms with van der Waals surface area (Å²) in [6.45, 7) is 5.32. The lowest BCUT2D eigenvalue weighted by Crippen LogP contribution is -2.51. The molecule has 2 amide bonds. The molecular weight excluding hydrogens is 182 g/mol. The van der Waals surface area contributed by atoms with E-state index < -0.39 is 6.04 Å². The molecule has 14 heavy (non-hydrogen) atoms. The van der Waals surface area contributed by atoms with E-state index in [1.807, 2.05) is 13.8 Å². The van der Waals surface area contributed by atoms with Crippen LogP contribution in [0.2, 0.25) is 0 Å². The van der Waals surface area contributed by atoms with Crippen molar-refractivity contribution in [2.24, 2.45) is 5.41 Å². The van der Waals surface area contributed by atoms with Crippen LogP contribution >= 0.6 is 0 Å². The number of likely N-dealkylation sites (tertiary alicyclic amines) is 1. The maximum Gasteiger partial charge on any atom is 0.230 e. The summed E-state index contributed by atoms with van der Waals surface area (Å²) in [5.74, 6) is -0.347. The van der Waals surface area contributed by atoms with Crippen LogP contribution in [0.5, 0.6) is 0 Å². The van der Waals surface area contributed by atoms with Crippen LogP contribution in [-0.2, 0) is 9.59 Å². The first-order valence-electron chi connectivity index (χ1n) is 4.83. The number of hydrogen-bond donors (Lipinski definition) is 1. The van der Waals surface area contributed by atoms with Crippen molar-refractivity contribution in [3.8, 4) is 0 Å². The van der Waals surface area contributed by atoms with E-state index in [0.717, 1.165) is 0 Å². The van der Waals surface area contributed by atoms with Crippen LogP contribution in [0.4, 0.5) is 0 Å². The number of imide groups is 1. The molecule has 1 rings (SSSR count). The van der Waals surface area contributed by atoms with Crippen LogP contribution in [0.15, 0.2) is 0 Å². The number of rotatable bonds is 2. The first-order chi connectivity index (χ1) is 6.37. The molecule has 4 nitrogen and oxygen atoms in total. The lowest BCUT2D eigenvalue weighted by molar-refractivity contribution is -0.155. The molecule has 0 saturated carbocycles. The molecule has 1 aliphatic rings. The summed E-state index contributed by atoms with van der Waals surface area (Å²) in [6.07, 6.45) is 0.756. The number of amides is 2. The van der Waals surface area contributed by atoms with Crippen molar-refractivity contribution in [3.05, 3.63) is 0 Å². The molecule has 1 aliphatic heterocycles. The van der Waals surface area contributed by atoms with Crippen LogP contribution in [-0.4, -0.2) is 34.5 Å². The van der Waals surface area contributed by atoms with Gasteiger partial charge < -0.3 is 5.11 Å². The monoisotopic (exact) mass is 199 g/mol. The Hall–Kier alpha value is -0.900. The first kappa shape index (κ1) is 11.2. The average molecular weight is 199 g/mol. The van der Waals surface area contributed by atoms with Gasteiger partial charge in [-0.3, -0.25) is 14.5 Å². The fourth-order valence-electron chi connectivity index (χ4n) is 1.76. The first-order valence-corrected chi connectivity index (χ1v) is 4.83. The minimum Gasteiger partial charge on any atom is -0.394 e. The average Bonchev–Trinajstić information content (AvgIpc) is 1.99. The topological polar surface area (TPSA) is 57.6 Å². The summed E-state index contributed by atoms with van der Waals surface area (Å²) in [4.78, 5) is 24.4. The minimum absolute atomic E-state index is 0.169. The van der Waals surface area contributed by atoms with E-state index in [1.54, 1.807) is 6.92 Å². The van der Waals surface area contributed by atoms with E-state index in [-0.39, 0.29) is 23.8 Å². The summed E-state index contributed by atoms with van der Waals surface area (Å²) in [6, 6.07) is -0.397. The Balaban J connectivity index is 2.81. The van der Waals surface area contributed by atoms with Crippen molar-refractivity contribution in [2.75, 3.05) is 6.61 Å². The summed E-state index contributed by atoms with van der Waals surface area (Å²) in [5, 5.41) is 8.91. The summed E-state index contributed by atoms with van der Waals surface area (Å²) < 4.78 is 0. The van der Waals surface area contributed by atoms with Crippen LogP contribution in [0, 0.1) is 5.41 Å². The van der Waals surface area contributed by atoms with E-state index in [1.165, 1.54) is 4.90 Å². The Morgan fingerprint density at radius 2 is 1.79 bits per heavy atom. The standard InChI is InChI=1S/C10H17NO3/c1-7(6-12)11-8(13)4-10(2,3)5-9(11)14/h7,12H,4-6H2,1-3H3/t7-/m1/s1. The van der Waals surface area contributed by atoms with Crippen molar-refractivity contribution < 1.29 is 14.7 Å². The van der Waals surface area contributed by atoms with Crippen molar-refractivity contribution in [3.63, 3.8) is 0 Å². The molecule has 0 unspecified atom stereocenters. The number of carbonyl (C=O) groups is 2. The summed E-state index contributed by atoms with van der Waals surface area (Å²) in [5.41, 5.74) is -0.236. The highest BCUT2D eigenvalue weighted by Crippen LogP contribution is 2.32. The highest BCUT2D eigenvalue weighted by Gasteiger charge is 2.39. The molecule has 0 radical (unpaired) electrons. The number of aliphatic hydroxyl groups excluding tert-OH is 1. The quantitative estimate of drug-likeness (QED) is 0.660. The van der Waals surface area contributed by atoms with Gasteiger partial charge in [0, 0.05) is 12.8 Å². The Morgan fingerprint density at radius 3 is 2.14 bits per heavy atom. The van der Waals surface area contributed by atoms with Gasteiger partial charge in [0.25, 0.3) is 0 Å². The normalized spacial score (nSPS) is 23.9. The van der Waals surface area contributed by atoms with Gasteiger partial charge in [0.2, 0.25) is 11.8 Å². The second kappa shape index (κ2) is 3.69. The molecule has 80 valence electrons. The maximum atomic E-state index is 11.6. The van der Waals surface area contributed by atoms with E-state index in [9.17, 15) is 9.59 Å². The van der Waals surface area contributed by atoms with Crippen molar-refractivity contribution in [1.82, 2.24) is 4.90 Å². The number of nitrogens with zero attached hydrogens (tertiary/aromatic N) is 1. The third-order valence-corrected chi connectivity index (χ3v) is 2.50. The van der Waals surface area contributed by atoms with E-state index >= 15 is 0 Å². The Kier molecular flexibility index (Phi) is 2.95. The smallest absolute Gasteiger partial charge is 0.230 e. The molecule has 0 aliphatic carbocycles. The van der Waals surface area contributed by atoms with Gasteiger partial charge in [-0.15, -0.1) is 0 Å². The maximum absolute atomic E-state index is 11.6. The number of aliphatic hydroxyl groups is 1. The van der Waals surface area contributed by atoms with Gasteiger partial charge in [-0.2, -0.15) is 0 Å². The molecule has 0 aromatic rings. The van der Waals surface area contributed by atoms with Crippen LogP contribution in [0.25, 0.3) is 0 Å². The lowest BCUT2D eigenvalue weighted by Gasteiger charge is -2.37. The molecule has 4 heteroatoms. The van der Waals surface area contributed by atoms with Crippen LogP contribution in [0.1, 0.15) is 33.6 Å². The molecule has 0 aromatic carbocycles. The number of hydrogen-bond acceptors (Lipinski definition) is 3. The number of carbonyl (C=O) groups excluding carboxylic acids is 2. The van der Waals surface area contributed by atoms with Gasteiger partial charge in [0.15, 0.2) is 0 Å². The predicted octanol–water partition coefficient (Wildman–Crippen LogP) is 0.542. The second-order valence-corrected chi connectivity index (χ2v) is 4.71. The zero-order valence-electron chi connectivity index (χ0n) is 8.91. The van der Waals surface area contributed by atoms with Gasteiger partial charge in [0.1, 0.15) is 0 Å². The molecule has 0 aromatic heterocycles. The molecule has 0 spiro atoms. The Bertz CT molecular complexity index is 240. The fraction of sp³-hybridized carbons (Fsp3) is 0.800. The van der Waals surface area contributed by atoms with Gasteiger partial charge >= 0.3 is 0 Å². The largest absolute Gasteiger partial charge is 0.394 e. The van der Waals surface area contributed by atoms with E-state index in [2.05, 4.69) is 0 Å². The lowest BCUT2D eigenvalue weighted by atomic mass is 9.81. The van der Waals surface area contributed by atoms with E-state index in [4.69, 9.17) is 5.11 Å². The zero-order chi connectivity index (χ0) is 10.9. The summed E-state index contributed by atoms with van der Waals surface area (Å²) in [7, 11) is 0. The highest BCUT2D eigenvalue weighted by molar-refractivity contribution is 5.98. The fourth-order valence-corrected chi connectivity index (χ4v) is 1.76. The van der Waals surface area contributed by atoms with Gasteiger partial charge in [0.05, 0.1) is 12.6 Å². The van der Waals surface area contributed by atoms with Crippen molar-refractivity contribution >= 4 is 11.8 Å². The van der Waals surface area contributed by atoms with Gasteiger partial charge in [-0.1, -0.05) is 13.8 Å². The van der Waals surface area contributed by atoms with Gasteiger partial charge in [-0.05, 0) is 12.3 Å². The third-order valence-electron chi connectivity index (χ3n) is 2.50. The zero-order valence-corrected chi connectivity index (χ0v) is 8.91. The van der Waals surface area contributed by atoms with Gasteiger partial charge in [-0.25, -0.2) is 0 Å². The Labute approximate surface area is 83.9 Å². The van der Waals surface area contributed by atoms with Crippen molar-refractivity contribution in [1.29, 1.82) is 0 Å². The minimum atomic E-state index is -0.397. The molecular formula is C10H17NO3. The molecule has 1 fully saturated rings. The Morgan fingerprint density at radius 1 is 1.36 bits per heavy atom. The third kappa shape index (κ3) is 2.12. The molecule has 1 saturated heterocycles. The summed E-state index contributed by atoms with van der Waals surface area (Å²) >= 11 is 0. The second-order valence-electron chi connectivity index (χ2n) is 4.71. The van der Waals surface area contributed by atoms with E-state index in [0.29, 0.717) is 12.8 Å². The number of piperidine rings is 1. The predicted molar refractivity (Wildman–Crippen MR) is 51.4 cm³/mol. The SMILES string of the molecule is C[C@H](CO)N1C(=O)CC(C)(C)CC1=O.